The van der Waals surface area contributed by atoms with Crippen LogP contribution in [0.15, 0.2) is 109 Å². The first kappa shape index (κ1) is 15.8. The summed E-state index contributed by atoms with van der Waals surface area (Å²) in [5, 5.41) is 5.10. The third kappa shape index (κ3) is 1.93. The van der Waals surface area contributed by atoms with Crippen LogP contribution in [0.4, 0.5) is 0 Å². The molecule has 0 aliphatic carbocycles. The molecule has 0 bridgehead atoms. The molecule has 0 radical (unpaired) electrons. The van der Waals surface area contributed by atoms with Gasteiger partial charge in [0.2, 0.25) is 0 Å². The van der Waals surface area contributed by atoms with Crippen LogP contribution in [0.25, 0.3) is 54.8 Å². The van der Waals surface area contributed by atoms with Gasteiger partial charge in [-0.15, -0.1) is 0 Å². The summed E-state index contributed by atoms with van der Waals surface area (Å²) in [6, 6.07) is 39.2. The van der Waals surface area contributed by atoms with Gasteiger partial charge in [0, 0.05) is 27.2 Å². The Labute approximate surface area is 173 Å². The molecule has 0 aliphatic heterocycles. The largest absolute Gasteiger partial charge is 0.307 e. The molecule has 0 unspecified atom stereocenters. The zero-order chi connectivity index (χ0) is 19.7. The Morgan fingerprint density at radius 3 is 1.90 bits per heavy atom. The summed E-state index contributed by atoms with van der Waals surface area (Å²) in [4.78, 5) is 0. The highest BCUT2D eigenvalue weighted by molar-refractivity contribution is 6.22. The zero-order valence-corrected chi connectivity index (χ0v) is 16.3. The van der Waals surface area contributed by atoms with Gasteiger partial charge in [0.05, 0.1) is 27.6 Å². The van der Waals surface area contributed by atoms with Crippen molar-refractivity contribution in [2.75, 3.05) is 0 Å². The fourth-order valence-corrected chi connectivity index (χ4v) is 5.05. The predicted octanol–water partition coefficient (Wildman–Crippen LogP) is 7.34. The molecule has 4 aromatic carbocycles. The number of hydrogen-bond donors (Lipinski definition) is 0. The van der Waals surface area contributed by atoms with Crippen LogP contribution < -0.4 is 0 Å². The predicted molar refractivity (Wildman–Crippen MR) is 127 cm³/mol. The first-order valence-electron chi connectivity index (χ1n) is 10.3. The molecule has 0 aliphatic rings. The van der Waals surface area contributed by atoms with Gasteiger partial charge in [-0.05, 0) is 30.3 Å². The van der Waals surface area contributed by atoms with Gasteiger partial charge in [-0.1, -0.05) is 78.9 Å². The monoisotopic (exact) mass is 382 g/mol. The van der Waals surface area contributed by atoms with Crippen LogP contribution in [-0.2, 0) is 0 Å². The molecule has 3 heterocycles. The van der Waals surface area contributed by atoms with E-state index in [1.54, 1.807) is 0 Å². The summed E-state index contributed by atoms with van der Waals surface area (Å²) in [6.07, 6.45) is 0. The molecule has 7 aromatic rings. The number of nitrogens with zero attached hydrogens (tertiary/aromatic N) is 2. The van der Waals surface area contributed by atoms with E-state index in [1.165, 1.54) is 54.8 Å². The second kappa shape index (κ2) is 5.74. The van der Waals surface area contributed by atoms with Crippen molar-refractivity contribution < 1.29 is 0 Å². The highest BCUT2D eigenvalue weighted by Gasteiger charge is 2.20. The van der Waals surface area contributed by atoms with E-state index < -0.39 is 0 Å². The lowest BCUT2D eigenvalue weighted by molar-refractivity contribution is 1.18. The van der Waals surface area contributed by atoms with Crippen LogP contribution in [0.5, 0.6) is 0 Å². The first-order valence-corrected chi connectivity index (χ1v) is 10.3. The third-order valence-corrected chi connectivity index (χ3v) is 6.25. The molecule has 0 saturated carbocycles. The lowest BCUT2D eigenvalue weighted by Gasteiger charge is -2.11. The fraction of sp³-hybridized carbons (Fsp3) is 0. The van der Waals surface area contributed by atoms with Gasteiger partial charge < -0.3 is 8.97 Å². The fourth-order valence-electron chi connectivity index (χ4n) is 5.05. The van der Waals surface area contributed by atoms with E-state index in [1.807, 2.05) is 0 Å². The van der Waals surface area contributed by atoms with Crippen molar-refractivity contribution in [1.82, 2.24) is 8.97 Å². The van der Waals surface area contributed by atoms with Crippen molar-refractivity contribution in [3.05, 3.63) is 109 Å². The number of fused-ring (bicyclic) bond motifs is 10. The minimum Gasteiger partial charge on any atom is -0.307 e. The Kier molecular flexibility index (Phi) is 3.03. The van der Waals surface area contributed by atoms with E-state index in [0.29, 0.717) is 0 Å². The molecular formula is C28H18N2. The summed E-state index contributed by atoms with van der Waals surface area (Å²) in [5.74, 6) is 0. The highest BCUT2D eigenvalue weighted by atomic mass is 15.0. The smallest absolute Gasteiger partial charge is 0.0803 e. The van der Waals surface area contributed by atoms with E-state index in [2.05, 4.69) is 118 Å². The minimum absolute atomic E-state index is 1.18. The molecule has 2 heteroatoms. The lowest BCUT2D eigenvalue weighted by Crippen LogP contribution is -1.96. The average molecular weight is 382 g/mol. The lowest BCUT2D eigenvalue weighted by atomic mass is 10.1. The zero-order valence-electron chi connectivity index (χ0n) is 16.3. The molecular weight excluding hydrogens is 364 g/mol. The number of rotatable bonds is 1. The topological polar surface area (TPSA) is 9.34 Å². The Bertz CT molecular complexity index is 1730. The maximum absolute atomic E-state index is 2.45. The van der Waals surface area contributed by atoms with E-state index in [4.69, 9.17) is 0 Å². The van der Waals surface area contributed by atoms with Crippen molar-refractivity contribution in [1.29, 1.82) is 0 Å². The SMILES string of the molecule is c1ccc(-n2c3ccccc3c3c2c2ccccc2c2cc4ccccc4n23)cc1. The quantitative estimate of drug-likeness (QED) is 0.281. The molecule has 0 amide bonds. The Balaban J connectivity index is 1.90. The van der Waals surface area contributed by atoms with Crippen LogP contribution >= 0.6 is 0 Å². The summed E-state index contributed by atoms with van der Waals surface area (Å²) >= 11 is 0. The molecule has 0 atom stereocenters. The van der Waals surface area contributed by atoms with Gasteiger partial charge in [-0.3, -0.25) is 0 Å². The Morgan fingerprint density at radius 2 is 1.07 bits per heavy atom. The van der Waals surface area contributed by atoms with Gasteiger partial charge in [-0.25, -0.2) is 0 Å². The summed E-state index contributed by atoms with van der Waals surface area (Å²) < 4.78 is 4.87. The molecule has 30 heavy (non-hydrogen) atoms. The van der Waals surface area contributed by atoms with Gasteiger partial charge in [-0.2, -0.15) is 0 Å². The number of benzene rings is 4. The average Bonchev–Trinajstić information content (AvgIpc) is 3.36. The van der Waals surface area contributed by atoms with Crippen molar-refractivity contribution in [2.45, 2.75) is 0 Å². The second-order valence-corrected chi connectivity index (χ2v) is 7.85. The summed E-state index contributed by atoms with van der Waals surface area (Å²) in [6.45, 7) is 0. The van der Waals surface area contributed by atoms with Crippen LogP contribution in [0.2, 0.25) is 0 Å². The minimum atomic E-state index is 1.18. The maximum Gasteiger partial charge on any atom is 0.0803 e. The van der Waals surface area contributed by atoms with Crippen LogP contribution in [0.3, 0.4) is 0 Å². The normalized spacial score (nSPS) is 12.0. The number of para-hydroxylation sites is 3. The number of pyridine rings is 1. The summed E-state index contributed by atoms with van der Waals surface area (Å²) in [5.41, 5.74) is 7.45. The van der Waals surface area contributed by atoms with E-state index in [9.17, 15) is 0 Å². The van der Waals surface area contributed by atoms with E-state index in [-0.39, 0.29) is 0 Å². The van der Waals surface area contributed by atoms with E-state index >= 15 is 0 Å². The number of aromatic nitrogens is 2. The molecule has 2 nitrogen and oxygen atoms in total. The molecule has 0 N–H and O–H groups in total. The highest BCUT2D eigenvalue weighted by Crippen LogP contribution is 2.40. The third-order valence-electron chi connectivity index (χ3n) is 6.25. The molecule has 0 fully saturated rings. The van der Waals surface area contributed by atoms with Crippen molar-refractivity contribution in [3.63, 3.8) is 0 Å². The van der Waals surface area contributed by atoms with Crippen molar-refractivity contribution in [2.24, 2.45) is 0 Å². The van der Waals surface area contributed by atoms with Crippen molar-refractivity contribution >= 4 is 49.1 Å². The van der Waals surface area contributed by atoms with Crippen molar-refractivity contribution in [3.8, 4) is 5.69 Å². The van der Waals surface area contributed by atoms with Gasteiger partial charge in [0.25, 0.3) is 0 Å². The standard InChI is InChI=1S/C28H18N2/c1-2-11-20(12-3-1)29-25-17-9-7-15-23(25)28-27(29)22-14-6-5-13-21(22)26-18-19-10-4-8-16-24(19)30(26)28/h1-18H. The summed E-state index contributed by atoms with van der Waals surface area (Å²) in [7, 11) is 0. The van der Waals surface area contributed by atoms with Gasteiger partial charge in [0.1, 0.15) is 0 Å². The van der Waals surface area contributed by atoms with Crippen LogP contribution in [0, 0.1) is 0 Å². The maximum atomic E-state index is 2.45. The molecule has 140 valence electrons. The van der Waals surface area contributed by atoms with Crippen LogP contribution in [-0.4, -0.2) is 8.97 Å². The van der Waals surface area contributed by atoms with Crippen LogP contribution in [0.1, 0.15) is 0 Å². The Hall–Kier alpha value is -4.04. The van der Waals surface area contributed by atoms with Gasteiger partial charge >= 0.3 is 0 Å². The molecule has 7 rings (SSSR count). The molecule has 0 saturated heterocycles. The number of hydrogen-bond acceptors (Lipinski definition) is 0. The molecule has 0 spiro atoms. The first-order chi connectivity index (χ1) is 14.9. The second-order valence-electron chi connectivity index (χ2n) is 7.85. The molecule has 3 aromatic heterocycles. The van der Waals surface area contributed by atoms with E-state index in [0.717, 1.165) is 0 Å². The van der Waals surface area contributed by atoms with Gasteiger partial charge in [0.15, 0.2) is 0 Å². The Morgan fingerprint density at radius 1 is 0.433 bits per heavy atom.